The van der Waals surface area contributed by atoms with E-state index in [4.69, 9.17) is 4.52 Å². The number of amides is 2. The van der Waals surface area contributed by atoms with E-state index in [0.29, 0.717) is 30.2 Å². The third kappa shape index (κ3) is 2.49. The summed E-state index contributed by atoms with van der Waals surface area (Å²) < 4.78 is 4.96. The van der Waals surface area contributed by atoms with Gasteiger partial charge in [-0.2, -0.15) is 0 Å². The van der Waals surface area contributed by atoms with Crippen LogP contribution in [0.2, 0.25) is 0 Å². The molecular weight excluding hydrogens is 194 g/mol. The highest BCUT2D eigenvalue weighted by molar-refractivity contribution is 5.90. The van der Waals surface area contributed by atoms with Gasteiger partial charge in [-0.05, 0) is 27.7 Å². The van der Waals surface area contributed by atoms with Gasteiger partial charge in [0.15, 0.2) is 5.76 Å². The number of aromatic nitrogens is 1. The maximum absolute atomic E-state index is 11.7. The summed E-state index contributed by atoms with van der Waals surface area (Å²) in [6.45, 7) is 8.83. The topological polar surface area (TPSA) is 58.4 Å². The molecule has 1 N–H and O–H groups in total. The van der Waals surface area contributed by atoms with Gasteiger partial charge in [0.1, 0.15) is 11.4 Å². The molecule has 0 bridgehead atoms. The molecule has 0 aliphatic carbocycles. The van der Waals surface area contributed by atoms with Crippen LogP contribution in [0.5, 0.6) is 0 Å². The van der Waals surface area contributed by atoms with Gasteiger partial charge >= 0.3 is 6.03 Å². The maximum Gasteiger partial charge on any atom is 0.321 e. The number of carbonyl (C=O) groups excluding carboxylic acids is 1. The Morgan fingerprint density at radius 1 is 1.40 bits per heavy atom. The fourth-order valence-electron chi connectivity index (χ4n) is 1.36. The Morgan fingerprint density at radius 2 is 2.00 bits per heavy atom. The first kappa shape index (κ1) is 11.6. The molecule has 0 spiro atoms. The van der Waals surface area contributed by atoms with Gasteiger partial charge in [0.25, 0.3) is 0 Å². The largest absolute Gasteiger partial charge is 0.359 e. The quantitative estimate of drug-likeness (QED) is 0.833. The summed E-state index contributed by atoms with van der Waals surface area (Å²) in [5.74, 6) is 0.632. The van der Waals surface area contributed by atoms with E-state index in [1.807, 2.05) is 13.8 Å². The van der Waals surface area contributed by atoms with Gasteiger partial charge in [-0.25, -0.2) is 4.79 Å². The first-order chi connectivity index (χ1) is 7.10. The van der Waals surface area contributed by atoms with Crippen LogP contribution in [0.3, 0.4) is 0 Å². The normalized spacial score (nSPS) is 10.1. The predicted octanol–water partition coefficient (Wildman–Crippen LogP) is 2.17. The van der Waals surface area contributed by atoms with Gasteiger partial charge in [0.05, 0.1) is 0 Å². The Hall–Kier alpha value is -1.52. The highest BCUT2D eigenvalue weighted by atomic mass is 16.5. The monoisotopic (exact) mass is 211 g/mol. The Balaban J connectivity index is 2.74. The number of anilines is 1. The van der Waals surface area contributed by atoms with Gasteiger partial charge in [-0.15, -0.1) is 0 Å². The van der Waals surface area contributed by atoms with E-state index in [-0.39, 0.29) is 6.03 Å². The van der Waals surface area contributed by atoms with Crippen LogP contribution in [0.15, 0.2) is 4.52 Å². The number of rotatable bonds is 3. The summed E-state index contributed by atoms with van der Waals surface area (Å²) in [6, 6.07) is -0.116. The lowest BCUT2D eigenvalue weighted by molar-refractivity contribution is 0.217. The summed E-state index contributed by atoms with van der Waals surface area (Å²) in [6.07, 6.45) is 0. The molecule has 0 aliphatic rings. The lowest BCUT2D eigenvalue weighted by atomic mass is 10.3. The summed E-state index contributed by atoms with van der Waals surface area (Å²) in [5.41, 5.74) is 1.37. The molecule has 0 saturated carbocycles. The number of nitrogens with one attached hydrogen (secondary N) is 1. The number of hydrogen-bond donors (Lipinski definition) is 1. The summed E-state index contributed by atoms with van der Waals surface area (Å²) in [7, 11) is 0. The van der Waals surface area contributed by atoms with Crippen LogP contribution in [0.25, 0.3) is 0 Å². The molecule has 15 heavy (non-hydrogen) atoms. The van der Waals surface area contributed by atoms with E-state index in [2.05, 4.69) is 10.5 Å². The summed E-state index contributed by atoms with van der Waals surface area (Å²) in [5, 5.41) is 6.56. The molecule has 84 valence electrons. The molecule has 2 amide bonds. The van der Waals surface area contributed by atoms with Crippen LogP contribution >= 0.6 is 0 Å². The number of carbonyl (C=O) groups is 1. The second kappa shape index (κ2) is 4.82. The van der Waals surface area contributed by atoms with E-state index in [9.17, 15) is 4.79 Å². The first-order valence-corrected chi connectivity index (χ1v) is 5.08. The van der Waals surface area contributed by atoms with Gasteiger partial charge in [0.2, 0.25) is 0 Å². The van der Waals surface area contributed by atoms with Crippen LogP contribution in [0, 0.1) is 13.8 Å². The van der Waals surface area contributed by atoms with Crippen molar-refractivity contribution in [2.45, 2.75) is 27.7 Å². The molecule has 0 radical (unpaired) electrons. The highest BCUT2D eigenvalue weighted by Crippen LogP contribution is 2.18. The number of nitrogens with zero attached hydrogens (tertiary/aromatic N) is 2. The minimum absolute atomic E-state index is 0.116. The van der Waals surface area contributed by atoms with Crippen molar-refractivity contribution in [1.82, 2.24) is 10.1 Å². The molecule has 1 rings (SSSR count). The third-order valence-electron chi connectivity index (χ3n) is 2.32. The zero-order valence-electron chi connectivity index (χ0n) is 9.63. The van der Waals surface area contributed by atoms with Gasteiger partial charge in [-0.3, -0.25) is 0 Å². The molecular formula is C10H17N3O2. The Morgan fingerprint density at radius 3 is 2.40 bits per heavy atom. The minimum Gasteiger partial charge on any atom is -0.359 e. The Labute approximate surface area is 89.4 Å². The van der Waals surface area contributed by atoms with Gasteiger partial charge in [0, 0.05) is 13.1 Å². The molecule has 0 unspecified atom stereocenters. The smallest absolute Gasteiger partial charge is 0.321 e. The Kier molecular flexibility index (Phi) is 3.71. The van der Waals surface area contributed by atoms with Crippen molar-refractivity contribution >= 4 is 11.7 Å². The van der Waals surface area contributed by atoms with Crippen molar-refractivity contribution in [3.8, 4) is 0 Å². The highest BCUT2D eigenvalue weighted by Gasteiger charge is 2.15. The molecule has 0 aromatic carbocycles. The molecule has 1 aromatic rings. The Bertz CT molecular complexity index is 323. The van der Waals surface area contributed by atoms with E-state index in [0.717, 1.165) is 0 Å². The minimum atomic E-state index is -0.116. The predicted molar refractivity (Wildman–Crippen MR) is 57.9 cm³/mol. The molecule has 0 fully saturated rings. The lowest BCUT2D eigenvalue weighted by Crippen LogP contribution is -2.34. The van der Waals surface area contributed by atoms with Crippen molar-refractivity contribution in [3.63, 3.8) is 0 Å². The zero-order chi connectivity index (χ0) is 11.4. The standard InChI is InChI=1S/C10H17N3O2/c1-5-13(6-2)10(14)11-9-7(3)12-15-8(9)4/h5-6H2,1-4H3,(H,11,14). The summed E-state index contributed by atoms with van der Waals surface area (Å²) in [4.78, 5) is 13.4. The van der Waals surface area contributed by atoms with Crippen LogP contribution in [0.4, 0.5) is 10.5 Å². The average molecular weight is 211 g/mol. The van der Waals surface area contributed by atoms with E-state index in [1.165, 1.54) is 0 Å². The third-order valence-corrected chi connectivity index (χ3v) is 2.32. The second-order valence-corrected chi connectivity index (χ2v) is 3.30. The van der Waals surface area contributed by atoms with Crippen molar-refractivity contribution in [1.29, 1.82) is 0 Å². The van der Waals surface area contributed by atoms with E-state index < -0.39 is 0 Å². The number of hydrogen-bond acceptors (Lipinski definition) is 3. The molecule has 0 saturated heterocycles. The van der Waals surface area contributed by atoms with Crippen LogP contribution in [0.1, 0.15) is 25.3 Å². The summed E-state index contributed by atoms with van der Waals surface area (Å²) >= 11 is 0. The van der Waals surface area contributed by atoms with Crippen molar-refractivity contribution < 1.29 is 9.32 Å². The average Bonchev–Trinajstić information content (AvgIpc) is 2.51. The van der Waals surface area contributed by atoms with Gasteiger partial charge < -0.3 is 14.7 Å². The number of aryl methyl sites for hydroxylation is 2. The molecule has 5 nitrogen and oxygen atoms in total. The lowest BCUT2D eigenvalue weighted by Gasteiger charge is -2.18. The van der Waals surface area contributed by atoms with Crippen molar-refractivity contribution in [2.75, 3.05) is 18.4 Å². The molecule has 5 heteroatoms. The number of urea groups is 1. The molecule has 1 heterocycles. The van der Waals surface area contributed by atoms with Crippen LogP contribution in [-0.2, 0) is 0 Å². The molecule has 0 aliphatic heterocycles. The van der Waals surface area contributed by atoms with E-state index >= 15 is 0 Å². The molecule has 0 atom stereocenters. The fraction of sp³-hybridized carbons (Fsp3) is 0.600. The second-order valence-electron chi connectivity index (χ2n) is 3.30. The first-order valence-electron chi connectivity index (χ1n) is 5.08. The fourth-order valence-corrected chi connectivity index (χ4v) is 1.36. The molecule has 1 aromatic heterocycles. The SMILES string of the molecule is CCN(CC)C(=O)Nc1c(C)noc1C. The van der Waals surface area contributed by atoms with Crippen molar-refractivity contribution in [2.24, 2.45) is 0 Å². The zero-order valence-corrected chi connectivity index (χ0v) is 9.63. The van der Waals surface area contributed by atoms with Gasteiger partial charge in [-0.1, -0.05) is 5.16 Å². The van der Waals surface area contributed by atoms with Crippen molar-refractivity contribution in [3.05, 3.63) is 11.5 Å². The van der Waals surface area contributed by atoms with Crippen LogP contribution in [-0.4, -0.2) is 29.2 Å². The van der Waals surface area contributed by atoms with E-state index in [1.54, 1.807) is 18.7 Å². The van der Waals surface area contributed by atoms with Crippen LogP contribution < -0.4 is 5.32 Å². The maximum atomic E-state index is 11.7.